The van der Waals surface area contributed by atoms with Gasteiger partial charge in [-0.25, -0.2) is 4.68 Å². The number of aliphatic hydroxyl groups is 1. The highest BCUT2D eigenvalue weighted by Gasteiger charge is 2.14. The standard InChI is InChI=1S/C10H17N3O/c1-4-13-7-9(6-12-13)5-11-10(2,3)8-14/h4,6-7,11,14H,1,5,8H2,2-3H3. The second-order valence-electron chi connectivity index (χ2n) is 3.91. The monoisotopic (exact) mass is 195 g/mol. The molecule has 14 heavy (non-hydrogen) atoms. The molecule has 1 aromatic rings. The molecule has 0 atom stereocenters. The maximum Gasteiger partial charge on any atom is 0.0607 e. The van der Waals surface area contributed by atoms with Crippen LogP contribution in [0.2, 0.25) is 0 Å². The third-order valence-electron chi connectivity index (χ3n) is 2.01. The maximum atomic E-state index is 9.02. The lowest BCUT2D eigenvalue weighted by Crippen LogP contribution is -2.41. The summed E-state index contributed by atoms with van der Waals surface area (Å²) >= 11 is 0. The number of hydrogen-bond donors (Lipinski definition) is 2. The maximum absolute atomic E-state index is 9.02. The summed E-state index contributed by atoms with van der Waals surface area (Å²) in [6.07, 6.45) is 5.32. The summed E-state index contributed by atoms with van der Waals surface area (Å²) in [5.41, 5.74) is 0.822. The quantitative estimate of drug-likeness (QED) is 0.732. The van der Waals surface area contributed by atoms with Gasteiger partial charge in [-0.2, -0.15) is 5.10 Å². The molecule has 1 heterocycles. The van der Waals surface area contributed by atoms with E-state index < -0.39 is 0 Å². The van der Waals surface area contributed by atoms with Crippen LogP contribution >= 0.6 is 0 Å². The molecule has 2 N–H and O–H groups in total. The van der Waals surface area contributed by atoms with Crippen LogP contribution in [0.5, 0.6) is 0 Å². The highest BCUT2D eigenvalue weighted by atomic mass is 16.3. The van der Waals surface area contributed by atoms with E-state index >= 15 is 0 Å². The summed E-state index contributed by atoms with van der Waals surface area (Å²) in [6, 6.07) is 0. The minimum absolute atomic E-state index is 0.114. The van der Waals surface area contributed by atoms with Crippen molar-refractivity contribution in [1.82, 2.24) is 15.1 Å². The van der Waals surface area contributed by atoms with Gasteiger partial charge in [-0.15, -0.1) is 0 Å². The predicted octanol–water partition coefficient (Wildman–Crippen LogP) is 0.844. The zero-order chi connectivity index (χ0) is 10.6. The molecular weight excluding hydrogens is 178 g/mol. The van der Waals surface area contributed by atoms with E-state index in [-0.39, 0.29) is 12.1 Å². The molecular formula is C10H17N3O. The molecule has 0 aliphatic carbocycles. The van der Waals surface area contributed by atoms with Gasteiger partial charge in [0.1, 0.15) is 0 Å². The molecule has 0 aromatic carbocycles. The summed E-state index contributed by atoms with van der Waals surface area (Å²) < 4.78 is 1.66. The van der Waals surface area contributed by atoms with E-state index in [1.54, 1.807) is 17.1 Å². The molecule has 0 fully saturated rings. The van der Waals surface area contributed by atoms with E-state index in [2.05, 4.69) is 17.0 Å². The molecule has 78 valence electrons. The van der Waals surface area contributed by atoms with Crippen LogP contribution < -0.4 is 5.32 Å². The van der Waals surface area contributed by atoms with E-state index in [9.17, 15) is 0 Å². The van der Waals surface area contributed by atoms with Crippen molar-refractivity contribution in [1.29, 1.82) is 0 Å². The van der Waals surface area contributed by atoms with Crippen molar-refractivity contribution in [3.05, 3.63) is 24.5 Å². The normalized spacial score (nSPS) is 11.6. The largest absolute Gasteiger partial charge is 0.394 e. The molecule has 4 heteroatoms. The summed E-state index contributed by atoms with van der Waals surface area (Å²) in [4.78, 5) is 0. The molecule has 0 bridgehead atoms. The molecule has 0 spiro atoms. The van der Waals surface area contributed by atoms with E-state index in [0.717, 1.165) is 5.56 Å². The zero-order valence-electron chi connectivity index (χ0n) is 8.70. The Kier molecular flexibility index (Phi) is 3.43. The fraction of sp³-hybridized carbons (Fsp3) is 0.500. The number of nitrogens with zero attached hydrogens (tertiary/aromatic N) is 2. The van der Waals surface area contributed by atoms with Gasteiger partial charge in [0.15, 0.2) is 0 Å². The van der Waals surface area contributed by atoms with Crippen molar-refractivity contribution in [3.63, 3.8) is 0 Å². The van der Waals surface area contributed by atoms with Gasteiger partial charge >= 0.3 is 0 Å². The van der Waals surface area contributed by atoms with E-state index in [1.165, 1.54) is 0 Å². The molecule has 0 aliphatic heterocycles. The van der Waals surface area contributed by atoms with Crippen molar-refractivity contribution >= 4 is 6.20 Å². The van der Waals surface area contributed by atoms with Gasteiger partial charge in [-0.3, -0.25) is 0 Å². The Labute approximate surface area is 84.2 Å². The highest BCUT2D eigenvalue weighted by Crippen LogP contribution is 2.03. The third-order valence-corrected chi connectivity index (χ3v) is 2.01. The van der Waals surface area contributed by atoms with Crippen molar-refractivity contribution in [2.24, 2.45) is 0 Å². The van der Waals surface area contributed by atoms with Crippen LogP contribution in [-0.4, -0.2) is 27.0 Å². The number of aromatic nitrogens is 2. The number of rotatable bonds is 5. The van der Waals surface area contributed by atoms with E-state index in [1.807, 2.05) is 20.0 Å². The first kappa shape index (κ1) is 10.9. The van der Waals surface area contributed by atoms with Gasteiger partial charge in [0.2, 0.25) is 0 Å². The zero-order valence-corrected chi connectivity index (χ0v) is 8.70. The molecule has 0 saturated carbocycles. The Morgan fingerprint density at radius 3 is 2.93 bits per heavy atom. The van der Waals surface area contributed by atoms with E-state index in [0.29, 0.717) is 6.54 Å². The number of aliphatic hydroxyl groups excluding tert-OH is 1. The van der Waals surface area contributed by atoms with Crippen molar-refractivity contribution in [2.75, 3.05) is 6.61 Å². The summed E-state index contributed by atoms with van der Waals surface area (Å²) in [5.74, 6) is 0. The lowest BCUT2D eigenvalue weighted by Gasteiger charge is -2.22. The van der Waals surface area contributed by atoms with Gasteiger partial charge in [-0.05, 0) is 13.8 Å². The Morgan fingerprint density at radius 1 is 1.71 bits per heavy atom. The van der Waals surface area contributed by atoms with Gasteiger partial charge < -0.3 is 10.4 Å². The van der Waals surface area contributed by atoms with Crippen molar-refractivity contribution in [3.8, 4) is 0 Å². The SMILES string of the molecule is C=Cn1cc(CNC(C)(C)CO)cn1. The minimum Gasteiger partial charge on any atom is -0.394 e. The molecule has 0 saturated heterocycles. The lowest BCUT2D eigenvalue weighted by molar-refractivity contribution is 0.187. The van der Waals surface area contributed by atoms with Gasteiger partial charge in [0.25, 0.3) is 0 Å². The highest BCUT2D eigenvalue weighted by molar-refractivity contribution is 5.17. The Bertz CT molecular complexity index is 304. The first-order valence-electron chi connectivity index (χ1n) is 4.59. The number of hydrogen-bond acceptors (Lipinski definition) is 3. The van der Waals surface area contributed by atoms with Gasteiger partial charge in [-0.1, -0.05) is 6.58 Å². The summed E-state index contributed by atoms with van der Waals surface area (Å²) in [7, 11) is 0. The van der Waals surface area contributed by atoms with Gasteiger partial charge in [0, 0.05) is 30.0 Å². The fourth-order valence-corrected chi connectivity index (χ4v) is 0.966. The Morgan fingerprint density at radius 2 is 2.43 bits per heavy atom. The average Bonchev–Trinajstić information content (AvgIpc) is 2.63. The van der Waals surface area contributed by atoms with Crippen LogP contribution in [0.4, 0.5) is 0 Å². The second-order valence-corrected chi connectivity index (χ2v) is 3.91. The van der Waals surface area contributed by atoms with Gasteiger partial charge in [0.05, 0.1) is 12.8 Å². The van der Waals surface area contributed by atoms with Crippen LogP contribution in [0.25, 0.3) is 6.20 Å². The van der Waals surface area contributed by atoms with Crippen LogP contribution in [-0.2, 0) is 6.54 Å². The molecule has 1 rings (SSSR count). The second kappa shape index (κ2) is 4.39. The molecule has 0 radical (unpaired) electrons. The molecule has 1 aromatic heterocycles. The van der Waals surface area contributed by atoms with Crippen LogP contribution in [0.1, 0.15) is 19.4 Å². The van der Waals surface area contributed by atoms with Crippen LogP contribution in [0.3, 0.4) is 0 Å². The summed E-state index contributed by atoms with van der Waals surface area (Å²) in [6.45, 7) is 8.32. The fourth-order valence-electron chi connectivity index (χ4n) is 0.966. The first-order chi connectivity index (χ1) is 6.57. The number of nitrogens with one attached hydrogen (secondary N) is 1. The predicted molar refractivity (Wildman–Crippen MR) is 56.6 cm³/mol. The van der Waals surface area contributed by atoms with E-state index in [4.69, 9.17) is 5.11 Å². The van der Waals surface area contributed by atoms with Crippen molar-refractivity contribution in [2.45, 2.75) is 25.9 Å². The Hall–Kier alpha value is -1.13. The topological polar surface area (TPSA) is 50.1 Å². The molecule has 4 nitrogen and oxygen atoms in total. The van der Waals surface area contributed by atoms with Crippen LogP contribution in [0.15, 0.2) is 19.0 Å². The average molecular weight is 195 g/mol. The molecule has 0 unspecified atom stereocenters. The Balaban J connectivity index is 2.49. The molecule has 0 aliphatic rings. The first-order valence-corrected chi connectivity index (χ1v) is 4.59. The smallest absolute Gasteiger partial charge is 0.0607 e. The lowest BCUT2D eigenvalue weighted by atomic mass is 10.1. The van der Waals surface area contributed by atoms with Crippen molar-refractivity contribution < 1.29 is 5.11 Å². The minimum atomic E-state index is -0.254. The molecule has 0 amide bonds. The summed E-state index contributed by atoms with van der Waals surface area (Å²) in [5, 5.41) is 16.3. The third kappa shape index (κ3) is 2.97. The van der Waals surface area contributed by atoms with Crippen LogP contribution in [0, 0.1) is 0 Å².